The van der Waals surface area contributed by atoms with Crippen LogP contribution in [0.15, 0.2) is 54.6 Å². The van der Waals surface area contributed by atoms with Gasteiger partial charge in [0.25, 0.3) is 0 Å². The van der Waals surface area contributed by atoms with E-state index in [2.05, 4.69) is 49.4 Å². The summed E-state index contributed by atoms with van der Waals surface area (Å²) in [6, 6.07) is 19.7. The Bertz CT molecular complexity index is 945. The molecule has 29 heavy (non-hydrogen) atoms. The Morgan fingerprint density at radius 3 is 2.66 bits per heavy atom. The molecule has 0 spiro atoms. The molecule has 4 heteroatoms. The van der Waals surface area contributed by atoms with Crippen molar-refractivity contribution < 1.29 is 14.6 Å². The van der Waals surface area contributed by atoms with Crippen LogP contribution in [-0.2, 0) is 11.2 Å². The molecular weight excluding hydrogens is 427 g/mol. The van der Waals surface area contributed by atoms with Crippen molar-refractivity contribution in [3.63, 3.8) is 0 Å². The van der Waals surface area contributed by atoms with Crippen molar-refractivity contribution in [2.45, 2.75) is 44.8 Å². The van der Waals surface area contributed by atoms with E-state index in [1.54, 1.807) is 7.11 Å². The van der Waals surface area contributed by atoms with E-state index in [0.29, 0.717) is 14.5 Å². The zero-order chi connectivity index (χ0) is 20.2. The number of benzene rings is 2. The molecule has 2 aromatic carbocycles. The number of aliphatic hydroxyl groups is 1. The summed E-state index contributed by atoms with van der Waals surface area (Å²) >= 11 is 0.348. The van der Waals surface area contributed by atoms with Crippen molar-refractivity contribution in [2.24, 2.45) is 0 Å². The Morgan fingerprint density at radius 1 is 1.07 bits per heavy atom. The molecule has 1 aromatic heterocycles. The quantitative estimate of drug-likeness (QED) is 0.537. The summed E-state index contributed by atoms with van der Waals surface area (Å²) in [4.78, 5) is 0. The fourth-order valence-corrected chi connectivity index (χ4v) is 6.11. The third kappa shape index (κ3) is 4.84. The Hall–Kier alpha value is -1.84. The van der Waals surface area contributed by atoms with Gasteiger partial charge in [0.2, 0.25) is 0 Å². The van der Waals surface area contributed by atoms with Crippen LogP contribution in [0.1, 0.15) is 46.5 Å². The fourth-order valence-electron chi connectivity index (χ4n) is 3.93. The number of ether oxygens (including phenoxy) is 2. The van der Waals surface area contributed by atoms with E-state index in [4.69, 9.17) is 9.47 Å². The van der Waals surface area contributed by atoms with E-state index in [1.807, 2.05) is 12.1 Å². The van der Waals surface area contributed by atoms with Crippen LogP contribution in [0.5, 0.6) is 5.75 Å². The van der Waals surface area contributed by atoms with Gasteiger partial charge < -0.3 is 0 Å². The van der Waals surface area contributed by atoms with Crippen molar-refractivity contribution in [3.05, 3.63) is 75.7 Å². The van der Waals surface area contributed by atoms with E-state index in [9.17, 15) is 5.11 Å². The van der Waals surface area contributed by atoms with Crippen LogP contribution in [0.25, 0.3) is 10.0 Å². The van der Waals surface area contributed by atoms with Crippen molar-refractivity contribution in [3.8, 4) is 15.8 Å². The number of methoxy groups -OCH3 is 1. The van der Waals surface area contributed by atoms with Gasteiger partial charge in [0, 0.05) is 0 Å². The summed E-state index contributed by atoms with van der Waals surface area (Å²) in [6.07, 6.45) is 4.19. The number of hydrogen-bond acceptors (Lipinski definition) is 3. The minimum absolute atomic E-state index is 0.0179. The molecule has 3 nitrogen and oxygen atoms in total. The second kappa shape index (κ2) is 9.32. The van der Waals surface area contributed by atoms with Gasteiger partial charge in [0.15, 0.2) is 0 Å². The van der Waals surface area contributed by atoms with Gasteiger partial charge in [-0.2, -0.15) is 0 Å². The van der Waals surface area contributed by atoms with Gasteiger partial charge in [-0.15, -0.1) is 0 Å². The van der Waals surface area contributed by atoms with Crippen molar-refractivity contribution in [2.75, 3.05) is 13.7 Å². The van der Waals surface area contributed by atoms with Crippen molar-refractivity contribution in [1.29, 1.82) is 0 Å². The molecule has 1 saturated heterocycles. The SMILES string of the molecule is COc1ccc(-c2ccc(Cc3cc(C4CCCC(CO)O4)ccc3C)[se]2)cc1. The first kappa shape index (κ1) is 20.4. The molecule has 0 amide bonds. The number of aryl methyl sites for hydroxylation is 1. The van der Waals surface area contributed by atoms with Crippen LogP contribution < -0.4 is 4.74 Å². The molecule has 1 fully saturated rings. The predicted molar refractivity (Wildman–Crippen MR) is 118 cm³/mol. The standard InChI is InChI=1S/C25H28O3Se/c1-17-6-7-19(24-5-3-4-22(16-26)28-24)14-20(17)15-23-12-13-25(29-23)18-8-10-21(27-2)11-9-18/h6-14,22,24,26H,3-5,15-16H2,1-2H3. The third-order valence-corrected chi connectivity index (χ3v) is 8.08. The zero-order valence-corrected chi connectivity index (χ0v) is 18.8. The summed E-state index contributed by atoms with van der Waals surface area (Å²) < 4.78 is 14.3. The van der Waals surface area contributed by atoms with Gasteiger partial charge in [-0.1, -0.05) is 0 Å². The van der Waals surface area contributed by atoms with Crippen LogP contribution in [0.4, 0.5) is 0 Å². The molecule has 0 radical (unpaired) electrons. The Kier molecular flexibility index (Phi) is 6.56. The molecule has 0 saturated carbocycles. The van der Waals surface area contributed by atoms with Crippen molar-refractivity contribution in [1.82, 2.24) is 0 Å². The molecule has 1 aliphatic rings. The summed E-state index contributed by atoms with van der Waals surface area (Å²) in [7, 11) is 1.70. The van der Waals surface area contributed by atoms with E-state index in [1.165, 1.54) is 31.1 Å². The first-order chi connectivity index (χ1) is 14.2. The molecule has 0 aliphatic carbocycles. The molecule has 1 N–H and O–H groups in total. The normalized spacial score (nSPS) is 19.3. The molecule has 1 aliphatic heterocycles. The molecule has 2 unspecified atom stereocenters. The number of rotatable bonds is 6. The molecule has 152 valence electrons. The second-order valence-electron chi connectivity index (χ2n) is 7.72. The number of aliphatic hydroxyl groups excluding tert-OH is 1. The van der Waals surface area contributed by atoms with Crippen molar-refractivity contribution >= 4 is 14.5 Å². The Morgan fingerprint density at radius 2 is 1.90 bits per heavy atom. The third-order valence-electron chi connectivity index (χ3n) is 5.70. The summed E-state index contributed by atoms with van der Waals surface area (Å²) in [6.45, 7) is 2.31. The first-order valence-corrected chi connectivity index (χ1v) is 12.0. The monoisotopic (exact) mass is 456 g/mol. The van der Waals surface area contributed by atoms with Gasteiger partial charge >= 0.3 is 179 Å². The van der Waals surface area contributed by atoms with Crippen LogP contribution in [-0.4, -0.2) is 39.4 Å². The Balaban J connectivity index is 1.51. The zero-order valence-electron chi connectivity index (χ0n) is 17.1. The second-order valence-corrected chi connectivity index (χ2v) is 10.2. The average molecular weight is 455 g/mol. The van der Waals surface area contributed by atoms with E-state index >= 15 is 0 Å². The summed E-state index contributed by atoms with van der Waals surface area (Å²) in [5.41, 5.74) is 5.25. The van der Waals surface area contributed by atoms with Gasteiger partial charge in [0.05, 0.1) is 0 Å². The van der Waals surface area contributed by atoms with Crippen LogP contribution in [0, 0.1) is 6.92 Å². The van der Waals surface area contributed by atoms with E-state index in [-0.39, 0.29) is 18.8 Å². The molecular formula is C25H28O3Se. The van der Waals surface area contributed by atoms with Gasteiger partial charge in [-0.25, -0.2) is 0 Å². The molecule has 4 rings (SSSR count). The molecule has 0 bridgehead atoms. The summed E-state index contributed by atoms with van der Waals surface area (Å²) in [5, 5.41) is 9.45. The van der Waals surface area contributed by atoms with Gasteiger partial charge in [0.1, 0.15) is 0 Å². The summed E-state index contributed by atoms with van der Waals surface area (Å²) in [5.74, 6) is 0.897. The predicted octanol–water partition coefficient (Wildman–Crippen LogP) is 4.92. The number of hydrogen-bond donors (Lipinski definition) is 1. The van der Waals surface area contributed by atoms with E-state index < -0.39 is 0 Å². The molecule has 3 aromatic rings. The van der Waals surface area contributed by atoms with Gasteiger partial charge in [-0.3, -0.25) is 0 Å². The van der Waals surface area contributed by atoms with Gasteiger partial charge in [-0.05, 0) is 0 Å². The van der Waals surface area contributed by atoms with Crippen LogP contribution >= 0.6 is 0 Å². The molecule has 2 atom stereocenters. The first-order valence-electron chi connectivity index (χ1n) is 10.2. The van der Waals surface area contributed by atoms with Crippen LogP contribution in [0.3, 0.4) is 0 Å². The maximum absolute atomic E-state index is 9.45. The van der Waals surface area contributed by atoms with E-state index in [0.717, 1.165) is 31.4 Å². The molecule has 2 heterocycles. The average Bonchev–Trinajstić information content (AvgIpc) is 3.24. The van der Waals surface area contributed by atoms with Crippen LogP contribution in [0.2, 0.25) is 0 Å². The Labute approximate surface area is 179 Å². The fraction of sp³-hybridized carbons (Fsp3) is 0.360. The minimum atomic E-state index is -0.0179. The topological polar surface area (TPSA) is 38.7 Å². The maximum atomic E-state index is 9.45.